The summed E-state index contributed by atoms with van der Waals surface area (Å²) in [6.45, 7) is 1.57. The Kier molecular flexibility index (Phi) is 4.66. The highest BCUT2D eigenvalue weighted by Crippen LogP contribution is 2.18. The standard InChI is InChI=1S/C13H24N2O2/c1-15(10-12-8-5-9-17-12)13(16)14-11-6-3-2-4-7-11/h11-12H,2-10H2,1H3,(H,14,16). The third-order valence-electron chi connectivity index (χ3n) is 3.78. The maximum absolute atomic E-state index is 12.0. The fourth-order valence-corrected chi connectivity index (χ4v) is 2.71. The number of ether oxygens (including phenoxy) is 1. The van der Waals surface area contributed by atoms with E-state index in [0.717, 1.165) is 38.8 Å². The van der Waals surface area contributed by atoms with Gasteiger partial charge in [0.1, 0.15) is 0 Å². The van der Waals surface area contributed by atoms with Crippen LogP contribution in [0.15, 0.2) is 0 Å². The van der Waals surface area contributed by atoms with Crippen molar-refractivity contribution in [1.82, 2.24) is 10.2 Å². The molecule has 4 heteroatoms. The summed E-state index contributed by atoms with van der Waals surface area (Å²) in [5.74, 6) is 0. The van der Waals surface area contributed by atoms with Gasteiger partial charge in [-0.25, -0.2) is 4.79 Å². The predicted octanol–water partition coefficient (Wildman–Crippen LogP) is 2.14. The van der Waals surface area contributed by atoms with Gasteiger partial charge in [0.05, 0.1) is 6.10 Å². The van der Waals surface area contributed by atoms with Gasteiger partial charge in [-0.05, 0) is 25.7 Å². The molecule has 1 unspecified atom stereocenters. The molecule has 1 N–H and O–H groups in total. The Morgan fingerprint density at radius 3 is 2.65 bits per heavy atom. The number of amides is 2. The van der Waals surface area contributed by atoms with E-state index < -0.39 is 0 Å². The summed E-state index contributed by atoms with van der Waals surface area (Å²) in [5.41, 5.74) is 0. The lowest BCUT2D eigenvalue weighted by molar-refractivity contribution is 0.0867. The topological polar surface area (TPSA) is 41.6 Å². The van der Waals surface area contributed by atoms with Gasteiger partial charge >= 0.3 is 6.03 Å². The van der Waals surface area contributed by atoms with Crippen LogP contribution in [0, 0.1) is 0 Å². The maximum Gasteiger partial charge on any atom is 0.317 e. The van der Waals surface area contributed by atoms with Gasteiger partial charge in [-0.2, -0.15) is 0 Å². The molecule has 2 fully saturated rings. The van der Waals surface area contributed by atoms with Crippen molar-refractivity contribution in [3.8, 4) is 0 Å². The van der Waals surface area contributed by atoms with Crippen LogP contribution >= 0.6 is 0 Å². The molecule has 17 heavy (non-hydrogen) atoms. The first-order valence-corrected chi connectivity index (χ1v) is 6.89. The third-order valence-corrected chi connectivity index (χ3v) is 3.78. The average molecular weight is 240 g/mol. The molecule has 0 aromatic heterocycles. The van der Waals surface area contributed by atoms with E-state index in [2.05, 4.69) is 5.32 Å². The minimum Gasteiger partial charge on any atom is -0.376 e. The summed E-state index contributed by atoms with van der Waals surface area (Å²) < 4.78 is 5.54. The molecule has 1 aliphatic carbocycles. The lowest BCUT2D eigenvalue weighted by atomic mass is 9.96. The Bertz CT molecular complexity index is 246. The minimum atomic E-state index is 0.0624. The van der Waals surface area contributed by atoms with Crippen LogP contribution in [0.25, 0.3) is 0 Å². The van der Waals surface area contributed by atoms with Gasteiger partial charge in [-0.1, -0.05) is 19.3 Å². The lowest BCUT2D eigenvalue weighted by Gasteiger charge is -2.27. The highest BCUT2D eigenvalue weighted by molar-refractivity contribution is 5.74. The highest BCUT2D eigenvalue weighted by Gasteiger charge is 2.22. The van der Waals surface area contributed by atoms with Crippen LogP contribution < -0.4 is 5.32 Å². The summed E-state index contributed by atoms with van der Waals surface area (Å²) in [6, 6.07) is 0.454. The quantitative estimate of drug-likeness (QED) is 0.821. The van der Waals surface area contributed by atoms with E-state index in [1.807, 2.05) is 7.05 Å². The molecule has 1 atom stereocenters. The van der Waals surface area contributed by atoms with Crippen molar-refractivity contribution in [2.45, 2.75) is 57.1 Å². The number of rotatable bonds is 3. The van der Waals surface area contributed by atoms with Gasteiger partial charge in [-0.15, -0.1) is 0 Å². The molecule has 0 radical (unpaired) electrons. The summed E-state index contributed by atoms with van der Waals surface area (Å²) >= 11 is 0. The van der Waals surface area contributed by atoms with E-state index in [1.54, 1.807) is 4.90 Å². The van der Waals surface area contributed by atoms with E-state index in [1.165, 1.54) is 19.3 Å². The molecule has 1 saturated carbocycles. The Balaban J connectivity index is 1.70. The molecule has 1 saturated heterocycles. The van der Waals surface area contributed by atoms with Crippen LogP contribution in [0.4, 0.5) is 4.79 Å². The van der Waals surface area contributed by atoms with Crippen molar-refractivity contribution in [2.75, 3.05) is 20.2 Å². The predicted molar refractivity (Wildman–Crippen MR) is 67.0 cm³/mol. The number of hydrogen-bond donors (Lipinski definition) is 1. The minimum absolute atomic E-state index is 0.0624. The molecule has 4 nitrogen and oxygen atoms in total. The number of likely N-dealkylation sites (N-methyl/N-ethyl adjacent to an activating group) is 1. The van der Waals surface area contributed by atoms with Gasteiger partial charge in [-0.3, -0.25) is 0 Å². The van der Waals surface area contributed by atoms with Crippen molar-refractivity contribution >= 4 is 6.03 Å². The summed E-state index contributed by atoms with van der Waals surface area (Å²) in [4.78, 5) is 13.7. The average Bonchev–Trinajstić information content (AvgIpc) is 2.83. The van der Waals surface area contributed by atoms with Crippen LogP contribution in [0.5, 0.6) is 0 Å². The number of hydrogen-bond acceptors (Lipinski definition) is 2. The lowest BCUT2D eigenvalue weighted by Crippen LogP contribution is -2.46. The van der Waals surface area contributed by atoms with Crippen LogP contribution in [0.2, 0.25) is 0 Å². The Morgan fingerprint density at radius 1 is 1.24 bits per heavy atom. The van der Waals surface area contributed by atoms with E-state index in [4.69, 9.17) is 4.74 Å². The van der Waals surface area contributed by atoms with E-state index in [9.17, 15) is 4.79 Å². The smallest absolute Gasteiger partial charge is 0.317 e. The molecule has 0 aromatic rings. The molecule has 2 amide bonds. The zero-order chi connectivity index (χ0) is 12.1. The first kappa shape index (κ1) is 12.7. The van der Waals surface area contributed by atoms with Gasteiger partial charge in [0, 0.05) is 26.2 Å². The maximum atomic E-state index is 12.0. The van der Waals surface area contributed by atoms with Crippen LogP contribution in [-0.4, -0.2) is 43.3 Å². The van der Waals surface area contributed by atoms with E-state index in [0.29, 0.717) is 6.04 Å². The number of nitrogens with one attached hydrogen (secondary N) is 1. The Hall–Kier alpha value is -0.770. The number of nitrogens with zero attached hydrogens (tertiary/aromatic N) is 1. The summed E-state index contributed by atoms with van der Waals surface area (Å²) in [6.07, 6.45) is 8.55. The molecule has 1 heterocycles. The van der Waals surface area contributed by atoms with Crippen molar-refractivity contribution in [1.29, 1.82) is 0 Å². The fourth-order valence-electron chi connectivity index (χ4n) is 2.71. The SMILES string of the molecule is CN(CC1CCCO1)C(=O)NC1CCCCC1. The Labute approximate surface area is 104 Å². The van der Waals surface area contributed by atoms with Gasteiger partial charge in [0.2, 0.25) is 0 Å². The first-order chi connectivity index (χ1) is 8.25. The first-order valence-electron chi connectivity index (χ1n) is 6.89. The van der Waals surface area contributed by atoms with Crippen LogP contribution in [0.1, 0.15) is 44.9 Å². The third kappa shape index (κ3) is 3.87. The summed E-state index contributed by atoms with van der Waals surface area (Å²) in [5, 5.41) is 3.12. The van der Waals surface area contributed by atoms with Crippen molar-refractivity contribution in [3.05, 3.63) is 0 Å². The molecule has 0 aromatic carbocycles. The summed E-state index contributed by atoms with van der Waals surface area (Å²) in [7, 11) is 1.86. The number of urea groups is 1. The number of carbonyl (C=O) groups is 1. The molecule has 98 valence electrons. The molecule has 0 bridgehead atoms. The molecular weight excluding hydrogens is 216 g/mol. The highest BCUT2D eigenvalue weighted by atomic mass is 16.5. The van der Waals surface area contributed by atoms with Crippen LogP contribution in [-0.2, 0) is 4.74 Å². The van der Waals surface area contributed by atoms with Crippen molar-refractivity contribution in [3.63, 3.8) is 0 Å². The Morgan fingerprint density at radius 2 is 2.00 bits per heavy atom. The largest absolute Gasteiger partial charge is 0.376 e. The molecular formula is C13H24N2O2. The molecule has 2 rings (SSSR count). The molecule has 0 spiro atoms. The second-order valence-corrected chi connectivity index (χ2v) is 5.30. The van der Waals surface area contributed by atoms with E-state index in [-0.39, 0.29) is 12.1 Å². The zero-order valence-electron chi connectivity index (χ0n) is 10.8. The zero-order valence-corrected chi connectivity index (χ0v) is 10.8. The van der Waals surface area contributed by atoms with Crippen LogP contribution in [0.3, 0.4) is 0 Å². The van der Waals surface area contributed by atoms with E-state index >= 15 is 0 Å². The second-order valence-electron chi connectivity index (χ2n) is 5.30. The second kappa shape index (κ2) is 6.24. The normalized spacial score (nSPS) is 25.8. The van der Waals surface area contributed by atoms with Gasteiger partial charge in [0.15, 0.2) is 0 Å². The van der Waals surface area contributed by atoms with Crippen molar-refractivity contribution in [2.24, 2.45) is 0 Å². The molecule has 1 aliphatic heterocycles. The van der Waals surface area contributed by atoms with Gasteiger partial charge < -0.3 is 15.0 Å². The monoisotopic (exact) mass is 240 g/mol. The molecule has 2 aliphatic rings. The van der Waals surface area contributed by atoms with Gasteiger partial charge in [0.25, 0.3) is 0 Å². The fraction of sp³-hybridized carbons (Fsp3) is 0.923. The number of carbonyl (C=O) groups excluding carboxylic acids is 1. The van der Waals surface area contributed by atoms with Crippen molar-refractivity contribution < 1.29 is 9.53 Å².